The monoisotopic (exact) mass is 569 g/mol. The van der Waals surface area contributed by atoms with Gasteiger partial charge in [-0.15, -0.1) is 0 Å². The van der Waals surface area contributed by atoms with Crippen LogP contribution in [0.25, 0.3) is 0 Å². The van der Waals surface area contributed by atoms with Crippen molar-refractivity contribution in [2.75, 3.05) is 62.6 Å². The molecule has 4 rings (SSSR count). The molecule has 0 radical (unpaired) electrons. The highest BCUT2D eigenvalue weighted by molar-refractivity contribution is 7.80. The lowest BCUT2D eigenvalue weighted by Gasteiger charge is -2.36. The van der Waals surface area contributed by atoms with E-state index in [2.05, 4.69) is 15.1 Å². The first-order chi connectivity index (χ1) is 19.3. The van der Waals surface area contributed by atoms with Crippen molar-refractivity contribution < 1.29 is 23.5 Å². The fraction of sp³-hybridized carbons (Fsp3) is 0.448. The number of carbonyl (C=O) groups is 3. The first-order valence-corrected chi connectivity index (χ1v) is 14.1. The first-order valence-electron chi connectivity index (χ1n) is 13.7. The van der Waals surface area contributed by atoms with Gasteiger partial charge in [0.2, 0.25) is 5.91 Å². The molecule has 2 fully saturated rings. The molecule has 0 saturated carbocycles. The van der Waals surface area contributed by atoms with E-state index < -0.39 is 12.0 Å². The Morgan fingerprint density at radius 3 is 2.30 bits per heavy atom. The second kappa shape index (κ2) is 13.7. The van der Waals surface area contributed by atoms with E-state index in [1.807, 2.05) is 24.0 Å². The van der Waals surface area contributed by atoms with Crippen LogP contribution in [-0.2, 0) is 14.3 Å². The number of piperazine rings is 1. The molecule has 2 aliphatic rings. The molecule has 11 heteroatoms. The van der Waals surface area contributed by atoms with Crippen LogP contribution in [0.2, 0.25) is 0 Å². The van der Waals surface area contributed by atoms with Gasteiger partial charge in [-0.2, -0.15) is 0 Å². The highest BCUT2D eigenvalue weighted by Crippen LogP contribution is 2.23. The van der Waals surface area contributed by atoms with Crippen LogP contribution in [0, 0.1) is 5.82 Å². The molecule has 9 nitrogen and oxygen atoms in total. The van der Waals surface area contributed by atoms with Gasteiger partial charge in [-0.25, -0.2) is 9.18 Å². The van der Waals surface area contributed by atoms with Gasteiger partial charge in [0.25, 0.3) is 5.91 Å². The average molecular weight is 570 g/mol. The van der Waals surface area contributed by atoms with Gasteiger partial charge in [0.05, 0.1) is 18.6 Å². The Hall–Kier alpha value is -3.57. The molecule has 1 N–H and O–H groups in total. The number of nitrogens with one attached hydrogen (secondary N) is 1. The Labute approximate surface area is 239 Å². The predicted molar refractivity (Wildman–Crippen MR) is 156 cm³/mol. The van der Waals surface area contributed by atoms with Crippen LogP contribution in [0.3, 0.4) is 0 Å². The molecule has 2 amide bonds. The third kappa shape index (κ3) is 7.14. The van der Waals surface area contributed by atoms with Crippen molar-refractivity contribution in [1.29, 1.82) is 0 Å². The van der Waals surface area contributed by atoms with E-state index in [1.54, 1.807) is 36.1 Å². The molecule has 0 aromatic heterocycles. The normalized spacial score (nSPS) is 17.9. The molecule has 0 bridgehead atoms. The maximum Gasteiger partial charge on any atom is 0.338 e. The van der Waals surface area contributed by atoms with E-state index >= 15 is 0 Å². The molecule has 2 heterocycles. The molecule has 2 aromatic rings. The third-order valence-corrected chi connectivity index (χ3v) is 7.67. The minimum Gasteiger partial charge on any atom is -0.462 e. The predicted octanol–water partition coefficient (Wildman–Crippen LogP) is 3.36. The first kappa shape index (κ1) is 29.4. The molecular weight excluding hydrogens is 533 g/mol. The van der Waals surface area contributed by atoms with Crippen molar-refractivity contribution in [3.05, 3.63) is 59.9 Å². The lowest BCUT2D eigenvalue weighted by molar-refractivity contribution is -0.130. The zero-order valence-corrected chi connectivity index (χ0v) is 23.8. The number of amides is 2. The fourth-order valence-electron chi connectivity index (χ4n) is 5.07. The summed E-state index contributed by atoms with van der Waals surface area (Å²) in [5.74, 6) is -1.11. The van der Waals surface area contributed by atoms with E-state index in [0.717, 1.165) is 44.8 Å². The van der Waals surface area contributed by atoms with Crippen LogP contribution >= 0.6 is 12.2 Å². The Morgan fingerprint density at radius 2 is 1.68 bits per heavy atom. The van der Waals surface area contributed by atoms with Crippen LogP contribution in [-0.4, -0.2) is 96.1 Å². The van der Waals surface area contributed by atoms with E-state index in [4.69, 9.17) is 17.0 Å². The lowest BCUT2D eigenvalue weighted by atomic mass is 10.1. The van der Waals surface area contributed by atoms with Crippen molar-refractivity contribution in [2.24, 2.45) is 0 Å². The number of ether oxygens (including phenoxy) is 1. The quantitative estimate of drug-likeness (QED) is 0.326. The number of nitrogens with zero attached hydrogens (tertiary/aromatic N) is 4. The van der Waals surface area contributed by atoms with Gasteiger partial charge in [0, 0.05) is 50.6 Å². The Kier molecular flexibility index (Phi) is 10.1. The molecule has 2 aromatic carbocycles. The Morgan fingerprint density at radius 1 is 1.00 bits per heavy atom. The smallest absolute Gasteiger partial charge is 0.338 e. The number of thiocarbonyl (C=S) groups is 1. The van der Waals surface area contributed by atoms with Gasteiger partial charge in [0.1, 0.15) is 11.9 Å². The number of halogens is 1. The molecule has 2 aliphatic heterocycles. The van der Waals surface area contributed by atoms with Crippen LogP contribution in [0.15, 0.2) is 48.5 Å². The molecule has 0 spiro atoms. The summed E-state index contributed by atoms with van der Waals surface area (Å²) in [6, 6.07) is 12.4. The van der Waals surface area contributed by atoms with E-state index in [0.29, 0.717) is 29.5 Å². The van der Waals surface area contributed by atoms with Crippen LogP contribution in [0.1, 0.15) is 37.0 Å². The number of rotatable bonds is 11. The summed E-state index contributed by atoms with van der Waals surface area (Å²) < 4.78 is 18.2. The van der Waals surface area contributed by atoms with Crippen molar-refractivity contribution in [2.45, 2.75) is 32.7 Å². The molecule has 40 heavy (non-hydrogen) atoms. The summed E-state index contributed by atoms with van der Waals surface area (Å²) in [4.78, 5) is 45.9. The maximum atomic E-state index is 13.2. The van der Waals surface area contributed by atoms with Gasteiger partial charge >= 0.3 is 5.97 Å². The topological polar surface area (TPSA) is 85.4 Å². The lowest BCUT2D eigenvalue weighted by Crippen LogP contribution is -2.47. The van der Waals surface area contributed by atoms with E-state index in [9.17, 15) is 18.8 Å². The molecular formula is C29H36FN5O4S. The van der Waals surface area contributed by atoms with Gasteiger partial charge in [-0.05, 0) is 87.6 Å². The summed E-state index contributed by atoms with van der Waals surface area (Å²) in [5, 5.41) is 3.28. The number of hydrogen-bond acceptors (Lipinski definition) is 7. The van der Waals surface area contributed by atoms with Crippen molar-refractivity contribution in [3.63, 3.8) is 0 Å². The van der Waals surface area contributed by atoms with Gasteiger partial charge < -0.3 is 19.9 Å². The second-order valence-electron chi connectivity index (χ2n) is 9.78. The maximum absolute atomic E-state index is 13.2. The third-order valence-electron chi connectivity index (χ3n) is 7.22. The standard InChI is InChI=1S/C29H36FN5O4S/c1-3-34-27(37)25(20-26(36)31-23-10-6-21(7-11-23)28(38)39-4-2)35(29(34)40)15-5-14-32-16-18-33(19-17-32)24-12-8-22(30)9-13-24/h6-13,25H,3-5,14-20H2,1-2H3,(H,31,36)/t25-/m1/s1. The van der Waals surface area contributed by atoms with Gasteiger partial charge in [0.15, 0.2) is 5.11 Å². The van der Waals surface area contributed by atoms with Gasteiger partial charge in [-0.3, -0.25) is 19.4 Å². The number of anilines is 2. The summed E-state index contributed by atoms with van der Waals surface area (Å²) in [5.41, 5.74) is 1.96. The highest BCUT2D eigenvalue weighted by Gasteiger charge is 2.42. The van der Waals surface area contributed by atoms with E-state index in [1.165, 1.54) is 12.1 Å². The molecule has 214 valence electrons. The van der Waals surface area contributed by atoms with Crippen molar-refractivity contribution in [1.82, 2.24) is 14.7 Å². The minimum absolute atomic E-state index is 0.0224. The number of benzene rings is 2. The molecule has 2 saturated heterocycles. The zero-order valence-electron chi connectivity index (χ0n) is 23.0. The highest BCUT2D eigenvalue weighted by atomic mass is 32.1. The number of esters is 1. The average Bonchev–Trinajstić information content (AvgIpc) is 3.17. The number of carbonyl (C=O) groups excluding carboxylic acids is 3. The Balaban J connectivity index is 1.28. The second-order valence-corrected chi connectivity index (χ2v) is 10.1. The number of hydrogen-bond donors (Lipinski definition) is 1. The summed E-state index contributed by atoms with van der Waals surface area (Å²) in [6.45, 7) is 9.28. The van der Waals surface area contributed by atoms with Crippen molar-refractivity contribution in [3.8, 4) is 0 Å². The molecule has 1 atom stereocenters. The fourth-order valence-corrected chi connectivity index (χ4v) is 5.51. The minimum atomic E-state index is -0.651. The zero-order chi connectivity index (χ0) is 28.6. The summed E-state index contributed by atoms with van der Waals surface area (Å²) in [6.07, 6.45) is 0.778. The van der Waals surface area contributed by atoms with Gasteiger partial charge in [-0.1, -0.05) is 0 Å². The van der Waals surface area contributed by atoms with Crippen LogP contribution < -0.4 is 10.2 Å². The van der Waals surface area contributed by atoms with Crippen LogP contribution in [0.4, 0.5) is 15.8 Å². The summed E-state index contributed by atoms with van der Waals surface area (Å²) >= 11 is 5.62. The van der Waals surface area contributed by atoms with Crippen molar-refractivity contribution >= 4 is 46.5 Å². The molecule has 0 unspecified atom stereocenters. The summed E-state index contributed by atoms with van der Waals surface area (Å²) in [7, 11) is 0. The van der Waals surface area contributed by atoms with Crippen LogP contribution in [0.5, 0.6) is 0 Å². The SMILES string of the molecule is CCOC(=O)c1ccc(NC(=O)C[C@@H]2C(=O)N(CC)C(=S)N2CCCN2CCN(c3ccc(F)cc3)CC2)cc1. The van der Waals surface area contributed by atoms with E-state index in [-0.39, 0.29) is 30.7 Å². The molecule has 0 aliphatic carbocycles. The number of likely N-dealkylation sites (N-methyl/N-ethyl adjacent to an activating group) is 1. The Bertz CT molecular complexity index is 1200. The largest absolute Gasteiger partial charge is 0.462 e.